The first kappa shape index (κ1) is 18.1. The summed E-state index contributed by atoms with van der Waals surface area (Å²) in [4.78, 5) is 11.2. The van der Waals surface area contributed by atoms with Crippen LogP contribution in [0, 0.1) is 6.92 Å². The number of benzene rings is 1. The Labute approximate surface area is 143 Å². The standard InChI is InChI=1S/C12H14Cl3N3O2S/c1-7-3-5-8(6-4-7)16-10(21)17-9(12(13,14)15)18-11(19)20-2/h3-6,9H,1-2H3,(H,18,19)(H2,16,17,21)/t9-/m1/s1. The first-order chi connectivity index (χ1) is 9.72. The van der Waals surface area contributed by atoms with E-state index in [-0.39, 0.29) is 5.11 Å². The van der Waals surface area contributed by atoms with Crippen LogP contribution in [0.2, 0.25) is 0 Å². The molecule has 5 nitrogen and oxygen atoms in total. The molecule has 0 radical (unpaired) electrons. The van der Waals surface area contributed by atoms with Crippen molar-refractivity contribution in [3.63, 3.8) is 0 Å². The molecule has 0 aliphatic rings. The van der Waals surface area contributed by atoms with Gasteiger partial charge < -0.3 is 15.4 Å². The molecule has 0 saturated heterocycles. The highest BCUT2D eigenvalue weighted by atomic mass is 35.6. The van der Waals surface area contributed by atoms with Gasteiger partial charge in [0.05, 0.1) is 7.11 Å². The summed E-state index contributed by atoms with van der Waals surface area (Å²) in [5, 5.41) is 8.14. The first-order valence-electron chi connectivity index (χ1n) is 5.77. The van der Waals surface area contributed by atoms with Gasteiger partial charge in [-0.15, -0.1) is 0 Å². The molecule has 0 spiro atoms. The molecule has 0 heterocycles. The maximum absolute atomic E-state index is 11.2. The SMILES string of the molecule is COC(=O)N[C@@H](NC(=S)Nc1ccc(C)cc1)C(Cl)(Cl)Cl. The molecule has 1 aromatic rings. The minimum absolute atomic E-state index is 0.187. The average molecular weight is 371 g/mol. The quantitative estimate of drug-likeness (QED) is 0.433. The molecule has 3 N–H and O–H groups in total. The Kier molecular flexibility index (Phi) is 6.80. The van der Waals surface area contributed by atoms with E-state index < -0.39 is 16.1 Å². The summed E-state index contributed by atoms with van der Waals surface area (Å²) in [6, 6.07) is 7.54. The van der Waals surface area contributed by atoms with E-state index in [1.165, 1.54) is 7.11 Å². The number of thiocarbonyl (C=S) groups is 1. The molecule has 1 atom stereocenters. The number of nitrogens with one attached hydrogen (secondary N) is 3. The number of alkyl halides is 3. The third kappa shape index (κ3) is 6.56. The summed E-state index contributed by atoms with van der Waals surface area (Å²) in [5.74, 6) is 0. The summed E-state index contributed by atoms with van der Waals surface area (Å²) in [7, 11) is 1.20. The number of halogens is 3. The fraction of sp³-hybridized carbons (Fsp3) is 0.333. The molecule has 116 valence electrons. The number of aryl methyl sites for hydroxylation is 1. The van der Waals surface area contributed by atoms with E-state index in [2.05, 4.69) is 20.7 Å². The van der Waals surface area contributed by atoms with Gasteiger partial charge in [0.1, 0.15) is 0 Å². The summed E-state index contributed by atoms with van der Waals surface area (Å²) < 4.78 is 2.65. The van der Waals surface area contributed by atoms with Crippen LogP contribution < -0.4 is 16.0 Å². The van der Waals surface area contributed by atoms with Crippen LogP contribution >= 0.6 is 47.0 Å². The Morgan fingerprint density at radius 3 is 2.29 bits per heavy atom. The van der Waals surface area contributed by atoms with Gasteiger partial charge >= 0.3 is 6.09 Å². The van der Waals surface area contributed by atoms with Crippen LogP contribution in [0.25, 0.3) is 0 Å². The minimum Gasteiger partial charge on any atom is -0.453 e. The second-order valence-electron chi connectivity index (χ2n) is 4.08. The number of hydrogen-bond acceptors (Lipinski definition) is 3. The van der Waals surface area contributed by atoms with E-state index in [9.17, 15) is 4.79 Å². The summed E-state index contributed by atoms with van der Waals surface area (Å²) in [6.45, 7) is 1.97. The Balaban J connectivity index is 2.67. The van der Waals surface area contributed by atoms with Gasteiger partial charge in [-0.3, -0.25) is 5.32 Å². The number of anilines is 1. The summed E-state index contributed by atoms with van der Waals surface area (Å²) in [6.07, 6.45) is -1.81. The van der Waals surface area contributed by atoms with Crippen molar-refractivity contribution in [2.24, 2.45) is 0 Å². The van der Waals surface area contributed by atoms with Crippen molar-refractivity contribution >= 4 is 63.9 Å². The minimum atomic E-state index is -1.81. The van der Waals surface area contributed by atoms with Crippen LogP contribution in [0.1, 0.15) is 5.56 Å². The predicted octanol–water partition coefficient (Wildman–Crippen LogP) is 3.33. The zero-order valence-electron chi connectivity index (χ0n) is 11.2. The van der Waals surface area contributed by atoms with Crippen LogP contribution in [-0.2, 0) is 4.74 Å². The topological polar surface area (TPSA) is 62.4 Å². The lowest BCUT2D eigenvalue weighted by Crippen LogP contribution is -2.56. The van der Waals surface area contributed by atoms with E-state index in [1.54, 1.807) is 0 Å². The summed E-state index contributed by atoms with van der Waals surface area (Å²) in [5.41, 5.74) is 1.88. The molecular weight excluding hydrogens is 357 g/mol. The second kappa shape index (κ2) is 7.89. The molecule has 0 aliphatic carbocycles. The number of ether oxygens (including phenoxy) is 1. The highest BCUT2D eigenvalue weighted by molar-refractivity contribution is 7.80. The van der Waals surface area contributed by atoms with Crippen LogP contribution in [0.3, 0.4) is 0 Å². The lowest BCUT2D eigenvalue weighted by Gasteiger charge is -2.27. The average Bonchev–Trinajstić information content (AvgIpc) is 2.39. The van der Waals surface area contributed by atoms with Crippen LogP contribution in [0.5, 0.6) is 0 Å². The highest BCUT2D eigenvalue weighted by Crippen LogP contribution is 2.29. The monoisotopic (exact) mass is 369 g/mol. The molecule has 1 rings (SSSR count). The smallest absolute Gasteiger partial charge is 0.408 e. The van der Waals surface area contributed by atoms with Crippen molar-refractivity contribution in [3.8, 4) is 0 Å². The first-order valence-corrected chi connectivity index (χ1v) is 7.32. The lowest BCUT2D eigenvalue weighted by molar-refractivity contribution is 0.166. The number of hydrogen-bond donors (Lipinski definition) is 3. The van der Waals surface area contributed by atoms with Crippen molar-refractivity contribution in [2.45, 2.75) is 16.9 Å². The molecule has 0 aromatic heterocycles. The fourth-order valence-corrected chi connectivity index (χ4v) is 1.87. The van der Waals surface area contributed by atoms with Crippen LogP contribution in [0.4, 0.5) is 10.5 Å². The number of rotatable bonds is 3. The zero-order chi connectivity index (χ0) is 16.0. The molecule has 1 aromatic carbocycles. The van der Waals surface area contributed by atoms with E-state index in [0.29, 0.717) is 0 Å². The van der Waals surface area contributed by atoms with E-state index >= 15 is 0 Å². The molecule has 1 amide bonds. The largest absolute Gasteiger partial charge is 0.453 e. The summed E-state index contributed by atoms with van der Waals surface area (Å²) >= 11 is 22.4. The molecule has 0 fully saturated rings. The van der Waals surface area contributed by atoms with Gasteiger partial charge in [0.2, 0.25) is 3.79 Å². The number of alkyl carbamates (subject to hydrolysis) is 1. The molecule has 0 unspecified atom stereocenters. The zero-order valence-corrected chi connectivity index (χ0v) is 14.3. The number of amides is 1. The van der Waals surface area contributed by atoms with E-state index in [1.807, 2.05) is 31.2 Å². The van der Waals surface area contributed by atoms with Crippen LogP contribution in [-0.4, -0.2) is 28.3 Å². The van der Waals surface area contributed by atoms with Gasteiger partial charge in [-0.1, -0.05) is 52.5 Å². The van der Waals surface area contributed by atoms with E-state index in [0.717, 1.165) is 11.3 Å². The Hall–Kier alpha value is -0.950. The molecule has 0 bridgehead atoms. The second-order valence-corrected chi connectivity index (χ2v) is 6.85. The van der Waals surface area contributed by atoms with Gasteiger partial charge in [-0.2, -0.15) is 0 Å². The van der Waals surface area contributed by atoms with E-state index in [4.69, 9.17) is 47.0 Å². The Morgan fingerprint density at radius 1 is 1.24 bits per heavy atom. The van der Waals surface area contributed by atoms with Crippen molar-refractivity contribution < 1.29 is 9.53 Å². The fourth-order valence-electron chi connectivity index (χ4n) is 1.31. The third-order valence-electron chi connectivity index (χ3n) is 2.36. The van der Waals surface area contributed by atoms with Crippen molar-refractivity contribution in [1.29, 1.82) is 0 Å². The van der Waals surface area contributed by atoms with Gasteiger partial charge in [-0.05, 0) is 31.3 Å². The lowest BCUT2D eigenvalue weighted by atomic mass is 10.2. The number of carbonyl (C=O) groups excluding carboxylic acids is 1. The van der Waals surface area contributed by atoms with Crippen molar-refractivity contribution in [2.75, 3.05) is 12.4 Å². The van der Waals surface area contributed by atoms with Crippen molar-refractivity contribution in [3.05, 3.63) is 29.8 Å². The maximum Gasteiger partial charge on any atom is 0.408 e. The number of methoxy groups -OCH3 is 1. The van der Waals surface area contributed by atoms with Gasteiger partial charge in [0.15, 0.2) is 11.3 Å². The highest BCUT2D eigenvalue weighted by Gasteiger charge is 2.34. The van der Waals surface area contributed by atoms with Gasteiger partial charge in [0.25, 0.3) is 0 Å². The number of carbonyl (C=O) groups is 1. The molecular formula is C12H14Cl3N3O2S. The van der Waals surface area contributed by atoms with Gasteiger partial charge in [-0.25, -0.2) is 4.79 Å². The van der Waals surface area contributed by atoms with Crippen molar-refractivity contribution in [1.82, 2.24) is 10.6 Å². The van der Waals surface area contributed by atoms with Gasteiger partial charge in [0, 0.05) is 5.69 Å². The third-order valence-corrected chi connectivity index (χ3v) is 3.23. The molecule has 0 saturated carbocycles. The maximum atomic E-state index is 11.2. The molecule has 9 heteroatoms. The predicted molar refractivity (Wildman–Crippen MR) is 90.2 cm³/mol. The molecule has 21 heavy (non-hydrogen) atoms. The molecule has 0 aliphatic heterocycles. The Bertz CT molecular complexity index is 505. The normalized spacial score (nSPS) is 12.2. The van der Waals surface area contributed by atoms with Crippen LogP contribution in [0.15, 0.2) is 24.3 Å². The Morgan fingerprint density at radius 2 is 1.81 bits per heavy atom.